The number of benzene rings is 2. The molecule has 0 aliphatic rings. The van der Waals surface area contributed by atoms with Gasteiger partial charge in [-0.25, -0.2) is 13.8 Å². The van der Waals surface area contributed by atoms with Crippen LogP contribution >= 0.6 is 0 Å². The van der Waals surface area contributed by atoms with Gasteiger partial charge < -0.3 is 5.73 Å². The summed E-state index contributed by atoms with van der Waals surface area (Å²) in [5, 5.41) is 0. The molecule has 1 heterocycles. The highest BCUT2D eigenvalue weighted by atomic mass is 19.1. The van der Waals surface area contributed by atoms with Crippen molar-refractivity contribution in [2.24, 2.45) is 0 Å². The van der Waals surface area contributed by atoms with E-state index in [4.69, 9.17) is 5.73 Å². The van der Waals surface area contributed by atoms with E-state index in [1.54, 1.807) is 6.07 Å². The summed E-state index contributed by atoms with van der Waals surface area (Å²) in [6.07, 6.45) is 0. The fraction of sp³-hybridized carbons (Fsp3) is 0. The molecule has 0 amide bonds. The first-order valence-electron chi connectivity index (χ1n) is 6.42. The summed E-state index contributed by atoms with van der Waals surface area (Å²) in [5.74, 6) is -1.03. The first-order chi connectivity index (χ1) is 10.1. The summed E-state index contributed by atoms with van der Waals surface area (Å²) in [6, 6.07) is 16.2. The maximum Gasteiger partial charge on any atom is 0.133 e. The second kappa shape index (κ2) is 5.32. The maximum absolute atomic E-state index is 13.9. The predicted molar refractivity (Wildman–Crippen MR) is 79.4 cm³/mol. The number of nitrogen functional groups attached to an aromatic ring is 1. The topological polar surface area (TPSA) is 38.9 Å². The Morgan fingerprint density at radius 2 is 1.43 bits per heavy atom. The van der Waals surface area contributed by atoms with Gasteiger partial charge in [0.25, 0.3) is 0 Å². The van der Waals surface area contributed by atoms with Gasteiger partial charge >= 0.3 is 0 Å². The van der Waals surface area contributed by atoms with Gasteiger partial charge in [0.2, 0.25) is 0 Å². The number of rotatable bonds is 2. The minimum absolute atomic E-state index is 0.0937. The first-order valence-corrected chi connectivity index (χ1v) is 6.42. The van der Waals surface area contributed by atoms with Crippen molar-refractivity contribution in [3.63, 3.8) is 0 Å². The lowest BCUT2D eigenvalue weighted by Crippen LogP contribution is -1.96. The summed E-state index contributed by atoms with van der Waals surface area (Å²) in [5.41, 5.74) is 7.47. The molecule has 0 spiro atoms. The highest BCUT2D eigenvalue weighted by Crippen LogP contribution is 2.30. The van der Waals surface area contributed by atoms with Crippen LogP contribution in [0.1, 0.15) is 0 Å². The first kappa shape index (κ1) is 13.2. The van der Waals surface area contributed by atoms with Crippen molar-refractivity contribution in [1.82, 2.24) is 4.98 Å². The molecule has 0 radical (unpaired) electrons. The smallest absolute Gasteiger partial charge is 0.133 e. The third kappa shape index (κ3) is 2.60. The second-order valence-electron chi connectivity index (χ2n) is 4.63. The van der Waals surface area contributed by atoms with E-state index < -0.39 is 11.6 Å². The van der Waals surface area contributed by atoms with E-state index in [1.807, 2.05) is 30.3 Å². The molecule has 1 aromatic heterocycles. The van der Waals surface area contributed by atoms with E-state index in [1.165, 1.54) is 24.3 Å². The van der Waals surface area contributed by atoms with E-state index in [2.05, 4.69) is 4.98 Å². The van der Waals surface area contributed by atoms with Gasteiger partial charge in [0.05, 0.1) is 11.3 Å². The number of nitrogens with zero attached hydrogens (tertiary/aromatic N) is 1. The molecule has 0 aliphatic carbocycles. The average Bonchev–Trinajstić information content (AvgIpc) is 2.47. The molecule has 4 heteroatoms. The third-order valence-corrected chi connectivity index (χ3v) is 3.17. The van der Waals surface area contributed by atoms with Gasteiger partial charge in [0.15, 0.2) is 0 Å². The lowest BCUT2D eigenvalue weighted by Gasteiger charge is -2.09. The zero-order chi connectivity index (χ0) is 14.8. The maximum atomic E-state index is 13.9. The summed E-state index contributed by atoms with van der Waals surface area (Å²) < 4.78 is 27.8. The Morgan fingerprint density at radius 3 is 2.10 bits per heavy atom. The molecule has 3 rings (SSSR count). The van der Waals surface area contributed by atoms with Crippen LogP contribution in [0.4, 0.5) is 14.6 Å². The van der Waals surface area contributed by atoms with Gasteiger partial charge in [-0.1, -0.05) is 36.4 Å². The Bertz CT molecular complexity index is 766. The van der Waals surface area contributed by atoms with Crippen LogP contribution < -0.4 is 5.73 Å². The number of pyridine rings is 1. The van der Waals surface area contributed by atoms with E-state index in [0.717, 1.165) is 5.56 Å². The van der Waals surface area contributed by atoms with Crippen LogP contribution in [0, 0.1) is 11.6 Å². The molecular weight excluding hydrogens is 270 g/mol. The van der Waals surface area contributed by atoms with Crippen LogP contribution in [0.2, 0.25) is 0 Å². The van der Waals surface area contributed by atoms with Crippen LogP contribution in [0.5, 0.6) is 0 Å². The zero-order valence-electron chi connectivity index (χ0n) is 11.1. The van der Waals surface area contributed by atoms with Gasteiger partial charge in [-0.15, -0.1) is 0 Å². The summed E-state index contributed by atoms with van der Waals surface area (Å²) in [6.45, 7) is 0. The van der Waals surface area contributed by atoms with Crippen molar-refractivity contribution in [2.45, 2.75) is 0 Å². The molecule has 104 valence electrons. The zero-order valence-corrected chi connectivity index (χ0v) is 11.1. The van der Waals surface area contributed by atoms with Crippen molar-refractivity contribution in [2.75, 3.05) is 5.73 Å². The molecule has 0 saturated carbocycles. The standard InChI is InChI=1S/C17H12F2N2/c18-13-7-4-8-14(19)17(13)12-9-15(21-16(20)10-12)11-5-2-1-3-6-11/h1-10H,(H2,20,21). The molecule has 0 saturated heterocycles. The lowest BCUT2D eigenvalue weighted by molar-refractivity contribution is 0.589. The Kier molecular flexibility index (Phi) is 3.36. The van der Waals surface area contributed by atoms with Gasteiger partial charge in [0, 0.05) is 5.56 Å². The number of nitrogens with two attached hydrogens (primary N) is 1. The molecule has 3 aromatic rings. The quantitative estimate of drug-likeness (QED) is 0.762. The van der Waals surface area contributed by atoms with Gasteiger partial charge in [-0.05, 0) is 29.8 Å². The van der Waals surface area contributed by atoms with Crippen LogP contribution in [0.25, 0.3) is 22.4 Å². The molecule has 2 nitrogen and oxygen atoms in total. The predicted octanol–water partition coefficient (Wildman–Crippen LogP) is 4.28. The molecular formula is C17H12F2N2. The van der Waals surface area contributed by atoms with Gasteiger partial charge in [0.1, 0.15) is 17.5 Å². The molecule has 0 fully saturated rings. The fourth-order valence-electron chi connectivity index (χ4n) is 2.23. The molecule has 2 N–H and O–H groups in total. The van der Waals surface area contributed by atoms with Crippen molar-refractivity contribution in [3.8, 4) is 22.4 Å². The Labute approximate surface area is 120 Å². The highest BCUT2D eigenvalue weighted by molar-refractivity contribution is 5.73. The minimum atomic E-state index is -0.625. The van der Waals surface area contributed by atoms with E-state index in [9.17, 15) is 8.78 Å². The van der Waals surface area contributed by atoms with Crippen LogP contribution in [-0.2, 0) is 0 Å². The normalized spacial score (nSPS) is 10.6. The largest absolute Gasteiger partial charge is 0.384 e. The monoisotopic (exact) mass is 282 g/mol. The molecule has 0 atom stereocenters. The average molecular weight is 282 g/mol. The van der Waals surface area contributed by atoms with Crippen molar-refractivity contribution in [1.29, 1.82) is 0 Å². The van der Waals surface area contributed by atoms with Gasteiger partial charge in [-0.2, -0.15) is 0 Å². The Morgan fingerprint density at radius 1 is 0.762 bits per heavy atom. The van der Waals surface area contributed by atoms with Crippen molar-refractivity contribution in [3.05, 3.63) is 72.3 Å². The number of hydrogen-bond donors (Lipinski definition) is 1. The molecule has 0 aliphatic heterocycles. The van der Waals surface area contributed by atoms with Crippen LogP contribution in [0.15, 0.2) is 60.7 Å². The van der Waals surface area contributed by atoms with Crippen LogP contribution in [0.3, 0.4) is 0 Å². The number of anilines is 1. The van der Waals surface area contributed by atoms with E-state index in [-0.39, 0.29) is 11.4 Å². The SMILES string of the molecule is Nc1cc(-c2c(F)cccc2F)cc(-c2ccccc2)n1. The second-order valence-corrected chi connectivity index (χ2v) is 4.63. The molecule has 0 bridgehead atoms. The van der Waals surface area contributed by atoms with Crippen LogP contribution in [-0.4, -0.2) is 4.98 Å². The lowest BCUT2D eigenvalue weighted by atomic mass is 10.0. The van der Waals surface area contributed by atoms with Crippen molar-refractivity contribution >= 4 is 5.82 Å². The van der Waals surface area contributed by atoms with E-state index >= 15 is 0 Å². The molecule has 21 heavy (non-hydrogen) atoms. The fourth-order valence-corrected chi connectivity index (χ4v) is 2.23. The minimum Gasteiger partial charge on any atom is -0.384 e. The third-order valence-electron chi connectivity index (χ3n) is 3.17. The van der Waals surface area contributed by atoms with E-state index in [0.29, 0.717) is 11.3 Å². The molecule has 0 unspecified atom stereocenters. The number of hydrogen-bond acceptors (Lipinski definition) is 2. The number of halogens is 2. The molecule has 2 aromatic carbocycles. The summed E-state index contributed by atoms with van der Waals surface area (Å²) in [7, 11) is 0. The highest BCUT2D eigenvalue weighted by Gasteiger charge is 2.13. The summed E-state index contributed by atoms with van der Waals surface area (Å²) in [4.78, 5) is 4.22. The summed E-state index contributed by atoms with van der Waals surface area (Å²) >= 11 is 0. The number of aromatic nitrogens is 1. The van der Waals surface area contributed by atoms with Crippen molar-refractivity contribution < 1.29 is 8.78 Å². The Balaban J connectivity index is 2.19. The Hall–Kier alpha value is -2.75. The van der Waals surface area contributed by atoms with Gasteiger partial charge in [-0.3, -0.25) is 0 Å².